The Morgan fingerprint density at radius 1 is 1.67 bits per heavy atom. The summed E-state index contributed by atoms with van der Waals surface area (Å²) in [5, 5.41) is 19.2. The number of nitrogens with two attached hydrogens (primary N) is 1. The first-order valence-electron chi connectivity index (χ1n) is 3.80. The Kier molecular flexibility index (Phi) is 3.10. The fourth-order valence-corrected chi connectivity index (χ4v) is 1.11. The second-order valence-electron chi connectivity index (χ2n) is 2.65. The van der Waals surface area contributed by atoms with Gasteiger partial charge in [0, 0.05) is 11.6 Å². The molecule has 1 aromatic heterocycles. The minimum atomic E-state index is -2.95. The maximum absolute atomic E-state index is 12.4. The van der Waals surface area contributed by atoms with Crippen LogP contribution >= 0.6 is 0 Å². The summed E-state index contributed by atoms with van der Waals surface area (Å²) in [5.74, 6) is -1.22. The van der Waals surface area contributed by atoms with Crippen molar-refractivity contribution in [1.82, 2.24) is 4.98 Å². The molecule has 0 aromatic carbocycles. The largest absolute Gasteiger partial charge is 0.391 e. The first-order chi connectivity index (χ1) is 6.97. The fourth-order valence-electron chi connectivity index (χ4n) is 1.11. The highest BCUT2D eigenvalue weighted by Crippen LogP contribution is 2.29. The molecule has 0 bridgehead atoms. The van der Waals surface area contributed by atoms with Crippen molar-refractivity contribution >= 4 is 11.6 Å². The van der Waals surface area contributed by atoms with Crippen molar-refractivity contribution in [1.29, 1.82) is 0 Å². The van der Waals surface area contributed by atoms with Crippen molar-refractivity contribution in [3.63, 3.8) is 0 Å². The maximum atomic E-state index is 12.4. The van der Waals surface area contributed by atoms with Crippen molar-refractivity contribution in [2.24, 2.45) is 0 Å². The number of aliphatic hydroxyl groups excluding tert-OH is 1. The van der Waals surface area contributed by atoms with Gasteiger partial charge in [-0.3, -0.25) is 0 Å². The van der Waals surface area contributed by atoms with Gasteiger partial charge in [-0.1, -0.05) is 0 Å². The number of aliphatic hydroxyl groups is 1. The standard InChI is InChI=1S/C7H7F2N3O3/c8-6(9)3-1-5(10)11-7(12(14)15)4(3)2-13/h1,6,13H,2H2,(H2,10,11). The highest BCUT2D eigenvalue weighted by Gasteiger charge is 2.25. The van der Waals surface area contributed by atoms with E-state index in [-0.39, 0.29) is 5.82 Å². The number of nitrogen functional groups attached to an aromatic ring is 1. The molecular formula is C7H7F2N3O3. The summed E-state index contributed by atoms with van der Waals surface area (Å²) >= 11 is 0. The van der Waals surface area contributed by atoms with Crippen LogP contribution in [-0.4, -0.2) is 15.0 Å². The Hall–Kier alpha value is -1.83. The lowest BCUT2D eigenvalue weighted by Crippen LogP contribution is -2.06. The molecule has 6 nitrogen and oxygen atoms in total. The molecule has 0 unspecified atom stereocenters. The summed E-state index contributed by atoms with van der Waals surface area (Å²) in [4.78, 5) is 12.7. The molecule has 82 valence electrons. The zero-order chi connectivity index (χ0) is 11.6. The molecule has 15 heavy (non-hydrogen) atoms. The Balaban J connectivity index is 3.45. The van der Waals surface area contributed by atoms with Gasteiger partial charge in [0.2, 0.25) is 5.82 Å². The van der Waals surface area contributed by atoms with Gasteiger partial charge in [0.05, 0.1) is 12.2 Å². The molecule has 0 spiro atoms. The number of nitro groups is 1. The van der Waals surface area contributed by atoms with Gasteiger partial charge in [-0.25, -0.2) is 8.78 Å². The molecule has 0 atom stereocenters. The van der Waals surface area contributed by atoms with Crippen LogP contribution in [0.3, 0.4) is 0 Å². The van der Waals surface area contributed by atoms with Crippen LogP contribution in [0, 0.1) is 10.1 Å². The van der Waals surface area contributed by atoms with Gasteiger partial charge >= 0.3 is 5.82 Å². The van der Waals surface area contributed by atoms with Crippen LogP contribution < -0.4 is 5.73 Å². The van der Waals surface area contributed by atoms with Gasteiger partial charge in [-0.05, 0) is 9.91 Å². The number of rotatable bonds is 3. The normalized spacial score (nSPS) is 10.7. The third kappa shape index (κ3) is 2.15. The smallest absolute Gasteiger partial charge is 0.371 e. The summed E-state index contributed by atoms with van der Waals surface area (Å²) < 4.78 is 24.8. The van der Waals surface area contributed by atoms with Gasteiger partial charge in [-0.15, -0.1) is 0 Å². The van der Waals surface area contributed by atoms with E-state index in [1.165, 1.54) is 0 Å². The van der Waals surface area contributed by atoms with E-state index in [9.17, 15) is 18.9 Å². The highest BCUT2D eigenvalue weighted by atomic mass is 19.3. The summed E-state index contributed by atoms with van der Waals surface area (Å²) in [6, 6.07) is 0.809. The molecule has 0 saturated carbocycles. The van der Waals surface area contributed by atoms with Crippen molar-refractivity contribution in [2.75, 3.05) is 5.73 Å². The van der Waals surface area contributed by atoms with Crippen LogP contribution in [0.1, 0.15) is 17.6 Å². The van der Waals surface area contributed by atoms with Crippen LogP contribution in [0.5, 0.6) is 0 Å². The summed E-state index contributed by atoms with van der Waals surface area (Å²) in [7, 11) is 0. The van der Waals surface area contributed by atoms with Crippen LogP contribution in [0.4, 0.5) is 20.4 Å². The zero-order valence-corrected chi connectivity index (χ0v) is 7.35. The van der Waals surface area contributed by atoms with Crippen molar-refractivity contribution in [3.05, 3.63) is 27.3 Å². The van der Waals surface area contributed by atoms with E-state index in [1.807, 2.05) is 0 Å². The van der Waals surface area contributed by atoms with Crippen molar-refractivity contribution in [3.8, 4) is 0 Å². The SMILES string of the molecule is Nc1cc(C(F)F)c(CO)c([N+](=O)[O-])n1. The molecule has 0 amide bonds. The lowest BCUT2D eigenvalue weighted by Gasteiger charge is -2.06. The summed E-state index contributed by atoms with van der Waals surface area (Å²) in [6.45, 7) is -0.886. The lowest BCUT2D eigenvalue weighted by molar-refractivity contribution is -0.390. The molecule has 8 heteroatoms. The number of nitrogens with zero attached hydrogens (tertiary/aromatic N) is 2. The van der Waals surface area contributed by atoms with Crippen molar-refractivity contribution < 1.29 is 18.8 Å². The van der Waals surface area contributed by atoms with Crippen molar-refractivity contribution in [2.45, 2.75) is 13.0 Å². The van der Waals surface area contributed by atoms with E-state index in [1.54, 1.807) is 0 Å². The Labute approximate surface area is 82.5 Å². The van der Waals surface area contributed by atoms with E-state index in [2.05, 4.69) is 4.98 Å². The number of pyridine rings is 1. The van der Waals surface area contributed by atoms with Crippen LogP contribution in [0.25, 0.3) is 0 Å². The zero-order valence-electron chi connectivity index (χ0n) is 7.35. The summed E-state index contributed by atoms with van der Waals surface area (Å²) in [5.41, 5.74) is 3.95. The second-order valence-corrected chi connectivity index (χ2v) is 2.65. The molecule has 0 aliphatic heterocycles. The minimum absolute atomic E-state index is 0.380. The van der Waals surface area contributed by atoms with E-state index in [4.69, 9.17) is 10.8 Å². The lowest BCUT2D eigenvalue weighted by atomic mass is 10.1. The molecule has 0 fully saturated rings. The van der Waals surface area contributed by atoms with Crippen LogP contribution in [0.15, 0.2) is 6.07 Å². The molecular weight excluding hydrogens is 212 g/mol. The topological polar surface area (TPSA) is 102 Å². The van der Waals surface area contributed by atoms with E-state index >= 15 is 0 Å². The first kappa shape index (κ1) is 11.2. The molecule has 1 heterocycles. The Morgan fingerprint density at radius 3 is 2.67 bits per heavy atom. The second kappa shape index (κ2) is 4.13. The predicted octanol–water partition coefficient (Wildman–Crippen LogP) is 1.00. The monoisotopic (exact) mass is 219 g/mol. The van der Waals surface area contributed by atoms with E-state index in [0.29, 0.717) is 0 Å². The number of halogens is 2. The van der Waals surface area contributed by atoms with Gasteiger partial charge in [0.15, 0.2) is 0 Å². The van der Waals surface area contributed by atoms with E-state index in [0.717, 1.165) is 6.07 Å². The maximum Gasteiger partial charge on any atom is 0.371 e. The average molecular weight is 219 g/mol. The Bertz CT molecular complexity index is 397. The predicted molar refractivity (Wildman–Crippen MR) is 46.2 cm³/mol. The van der Waals surface area contributed by atoms with Gasteiger partial charge in [0.1, 0.15) is 0 Å². The van der Waals surface area contributed by atoms with Crippen LogP contribution in [-0.2, 0) is 6.61 Å². The molecule has 1 rings (SSSR count). The minimum Gasteiger partial charge on any atom is -0.391 e. The number of anilines is 1. The third-order valence-corrected chi connectivity index (χ3v) is 1.72. The van der Waals surface area contributed by atoms with Crippen LogP contribution in [0.2, 0.25) is 0 Å². The fraction of sp³-hybridized carbons (Fsp3) is 0.286. The third-order valence-electron chi connectivity index (χ3n) is 1.72. The molecule has 0 aliphatic carbocycles. The molecule has 0 radical (unpaired) electrons. The number of hydrogen-bond acceptors (Lipinski definition) is 5. The first-order valence-corrected chi connectivity index (χ1v) is 3.80. The molecule has 3 N–H and O–H groups in total. The molecule has 1 aromatic rings. The average Bonchev–Trinajstić information content (AvgIpc) is 2.16. The molecule has 0 aliphatic rings. The quantitative estimate of drug-likeness (QED) is 0.583. The highest BCUT2D eigenvalue weighted by molar-refractivity contribution is 5.48. The number of alkyl halides is 2. The number of aromatic nitrogens is 1. The van der Waals surface area contributed by atoms with Gasteiger partial charge in [-0.2, -0.15) is 0 Å². The molecule has 0 saturated heterocycles. The van der Waals surface area contributed by atoms with Gasteiger partial charge < -0.3 is 21.0 Å². The summed E-state index contributed by atoms with van der Waals surface area (Å²) in [6.07, 6.45) is -2.95. The number of hydrogen-bond donors (Lipinski definition) is 2. The van der Waals surface area contributed by atoms with Gasteiger partial charge in [0.25, 0.3) is 6.43 Å². The van der Waals surface area contributed by atoms with E-state index < -0.39 is 34.9 Å². The Morgan fingerprint density at radius 2 is 2.27 bits per heavy atom.